The molecule has 3 rings (SSSR count). The number of hydrogen-bond donors (Lipinski definition) is 1. The van der Waals surface area contributed by atoms with E-state index in [0.717, 1.165) is 15.7 Å². The molecule has 0 spiro atoms. The molecule has 0 fully saturated rings. The molecule has 1 aromatic carbocycles. The van der Waals surface area contributed by atoms with Crippen molar-refractivity contribution in [3.8, 4) is 0 Å². The highest BCUT2D eigenvalue weighted by atomic mass is 32.1. The molecule has 1 amide bonds. The van der Waals surface area contributed by atoms with Crippen molar-refractivity contribution in [3.63, 3.8) is 0 Å². The third-order valence-electron chi connectivity index (χ3n) is 2.94. The average molecular weight is 342 g/mol. The summed E-state index contributed by atoms with van der Waals surface area (Å²) >= 11 is 2.93. The molecule has 2 heterocycles. The second-order valence-electron chi connectivity index (χ2n) is 4.78. The van der Waals surface area contributed by atoms with Crippen LogP contribution in [0, 0.1) is 6.92 Å². The fourth-order valence-corrected chi connectivity index (χ4v) is 3.27. The van der Waals surface area contributed by atoms with Crippen molar-refractivity contribution in [3.05, 3.63) is 63.1 Å². The molecule has 5 nitrogen and oxygen atoms in total. The lowest BCUT2D eigenvalue weighted by Crippen LogP contribution is -2.07. The minimum Gasteiger partial charge on any atom is -0.297 e. The van der Waals surface area contributed by atoms with Crippen LogP contribution in [0.15, 0.2) is 41.8 Å². The number of aryl methyl sites for hydroxylation is 1. The smallest absolute Gasteiger partial charge is 0.250 e. The van der Waals surface area contributed by atoms with Crippen LogP contribution >= 0.6 is 22.7 Å². The highest BCUT2D eigenvalue weighted by molar-refractivity contribution is 7.15. The molecule has 116 valence electrons. The van der Waals surface area contributed by atoms with Crippen LogP contribution in [0.3, 0.4) is 0 Å². The third kappa shape index (κ3) is 4.54. The maximum Gasteiger partial charge on any atom is 0.250 e. The van der Waals surface area contributed by atoms with Gasteiger partial charge in [-0.3, -0.25) is 10.1 Å². The molecule has 0 aliphatic rings. The molecule has 1 N–H and O–H groups in total. The number of hydrogen-bond acceptors (Lipinski definition) is 6. The number of nitrogens with one attached hydrogen (secondary N) is 1. The zero-order chi connectivity index (χ0) is 16.1. The lowest BCUT2D eigenvalue weighted by atomic mass is 10.2. The van der Waals surface area contributed by atoms with Crippen LogP contribution in [0.1, 0.15) is 21.3 Å². The second kappa shape index (κ2) is 7.26. The number of thiazole rings is 1. The van der Waals surface area contributed by atoms with E-state index >= 15 is 0 Å². The van der Waals surface area contributed by atoms with Crippen LogP contribution in [0.25, 0.3) is 6.08 Å². The summed E-state index contributed by atoms with van der Waals surface area (Å²) in [5, 5.41) is 15.1. The van der Waals surface area contributed by atoms with Crippen LogP contribution in [-0.4, -0.2) is 21.1 Å². The van der Waals surface area contributed by atoms with E-state index in [-0.39, 0.29) is 5.91 Å². The summed E-state index contributed by atoms with van der Waals surface area (Å²) in [6.07, 6.45) is 3.85. The van der Waals surface area contributed by atoms with Gasteiger partial charge in [0.25, 0.3) is 0 Å². The Kier molecular flexibility index (Phi) is 4.89. The summed E-state index contributed by atoms with van der Waals surface area (Å²) in [6, 6.07) is 10.0. The number of carbonyl (C=O) groups excluding carboxylic acids is 1. The highest BCUT2D eigenvalue weighted by Gasteiger charge is 2.07. The van der Waals surface area contributed by atoms with Crippen LogP contribution in [-0.2, 0) is 11.2 Å². The summed E-state index contributed by atoms with van der Waals surface area (Å²) in [6.45, 7) is 1.93. The topological polar surface area (TPSA) is 67.8 Å². The van der Waals surface area contributed by atoms with E-state index in [0.29, 0.717) is 11.6 Å². The molecule has 0 aliphatic carbocycles. The van der Waals surface area contributed by atoms with E-state index in [1.807, 2.05) is 42.6 Å². The SMILES string of the molecule is Cc1nc(/C=C\C(=O)Nc2nnc(Cc3ccccc3)s2)cs1. The van der Waals surface area contributed by atoms with Gasteiger partial charge in [0.05, 0.1) is 10.7 Å². The van der Waals surface area contributed by atoms with E-state index in [1.165, 1.54) is 23.0 Å². The van der Waals surface area contributed by atoms with E-state index in [9.17, 15) is 4.79 Å². The number of aromatic nitrogens is 3. The Balaban J connectivity index is 1.58. The number of nitrogens with zero attached hydrogens (tertiary/aromatic N) is 3. The first-order valence-corrected chi connectivity index (χ1v) is 8.66. The Hall–Kier alpha value is -2.38. The first kappa shape index (κ1) is 15.5. The Labute approximate surface area is 141 Å². The van der Waals surface area contributed by atoms with E-state index in [4.69, 9.17) is 0 Å². The third-order valence-corrected chi connectivity index (χ3v) is 4.57. The predicted octanol–water partition coefficient (Wildman–Crippen LogP) is 3.55. The predicted molar refractivity (Wildman–Crippen MR) is 93.7 cm³/mol. The highest BCUT2D eigenvalue weighted by Crippen LogP contribution is 2.18. The number of anilines is 1. The van der Waals surface area contributed by atoms with Gasteiger partial charge in [-0.05, 0) is 18.6 Å². The first-order valence-electron chi connectivity index (χ1n) is 6.96. The zero-order valence-corrected chi connectivity index (χ0v) is 14.0. The molecular weight excluding hydrogens is 328 g/mol. The Bertz CT molecular complexity index is 823. The quantitative estimate of drug-likeness (QED) is 0.720. The van der Waals surface area contributed by atoms with Gasteiger partial charge < -0.3 is 0 Å². The van der Waals surface area contributed by atoms with E-state index < -0.39 is 0 Å². The van der Waals surface area contributed by atoms with Gasteiger partial charge in [-0.25, -0.2) is 4.98 Å². The Morgan fingerprint density at radius 1 is 1.26 bits per heavy atom. The van der Waals surface area contributed by atoms with Crippen molar-refractivity contribution < 1.29 is 4.79 Å². The maximum absolute atomic E-state index is 11.9. The molecule has 0 aliphatic heterocycles. The number of amides is 1. The molecule has 0 unspecified atom stereocenters. The standard InChI is InChI=1S/C16H14N4OS2/c1-11-17-13(10-22-11)7-8-14(21)18-16-20-19-15(23-16)9-12-5-3-2-4-6-12/h2-8,10H,9H2,1H3,(H,18,20,21)/b8-7-. The summed E-state index contributed by atoms with van der Waals surface area (Å²) in [5.41, 5.74) is 1.95. The van der Waals surface area contributed by atoms with Gasteiger partial charge >= 0.3 is 0 Å². The molecule has 7 heteroatoms. The average Bonchev–Trinajstić information content (AvgIpc) is 3.15. The van der Waals surface area contributed by atoms with Gasteiger partial charge in [-0.1, -0.05) is 41.7 Å². The van der Waals surface area contributed by atoms with Gasteiger partial charge in [-0.15, -0.1) is 21.5 Å². The normalized spacial score (nSPS) is 11.0. The summed E-state index contributed by atoms with van der Waals surface area (Å²) in [4.78, 5) is 16.1. The lowest BCUT2D eigenvalue weighted by Gasteiger charge is -1.95. The van der Waals surface area contributed by atoms with Gasteiger partial charge in [0.15, 0.2) is 0 Å². The van der Waals surface area contributed by atoms with Gasteiger partial charge in [0, 0.05) is 17.9 Å². The summed E-state index contributed by atoms with van der Waals surface area (Å²) in [5.74, 6) is -0.238. The molecule has 0 atom stereocenters. The molecular formula is C16H14N4OS2. The molecule has 0 saturated carbocycles. The van der Waals surface area contributed by atoms with Gasteiger partial charge in [0.2, 0.25) is 11.0 Å². The molecule has 0 saturated heterocycles. The molecule has 0 radical (unpaired) electrons. The maximum atomic E-state index is 11.9. The Morgan fingerprint density at radius 2 is 2.09 bits per heavy atom. The van der Waals surface area contributed by atoms with Crippen LogP contribution in [0.4, 0.5) is 5.13 Å². The second-order valence-corrected chi connectivity index (χ2v) is 6.90. The van der Waals surface area contributed by atoms with Gasteiger partial charge in [0.1, 0.15) is 5.01 Å². The number of rotatable bonds is 5. The zero-order valence-electron chi connectivity index (χ0n) is 12.4. The largest absolute Gasteiger partial charge is 0.297 e. The van der Waals surface area contributed by atoms with Crippen LogP contribution < -0.4 is 5.32 Å². The van der Waals surface area contributed by atoms with Crippen molar-refractivity contribution in [2.45, 2.75) is 13.3 Å². The number of benzene rings is 1. The fourth-order valence-electron chi connectivity index (χ4n) is 1.91. The summed E-state index contributed by atoms with van der Waals surface area (Å²) < 4.78 is 0. The van der Waals surface area contributed by atoms with Crippen molar-refractivity contribution >= 4 is 39.8 Å². The van der Waals surface area contributed by atoms with Crippen molar-refractivity contribution in [2.75, 3.05) is 5.32 Å². The molecule has 23 heavy (non-hydrogen) atoms. The summed E-state index contributed by atoms with van der Waals surface area (Å²) in [7, 11) is 0. The number of carbonyl (C=O) groups is 1. The fraction of sp³-hybridized carbons (Fsp3) is 0.125. The van der Waals surface area contributed by atoms with Crippen LogP contribution in [0.2, 0.25) is 0 Å². The van der Waals surface area contributed by atoms with Crippen LogP contribution in [0.5, 0.6) is 0 Å². The molecule has 3 aromatic rings. The van der Waals surface area contributed by atoms with Crippen molar-refractivity contribution in [1.82, 2.24) is 15.2 Å². The monoisotopic (exact) mass is 342 g/mol. The lowest BCUT2D eigenvalue weighted by molar-refractivity contribution is -0.111. The minimum atomic E-state index is -0.238. The molecule has 0 bridgehead atoms. The van der Waals surface area contributed by atoms with E-state index in [1.54, 1.807) is 17.4 Å². The van der Waals surface area contributed by atoms with Crippen molar-refractivity contribution in [1.29, 1.82) is 0 Å². The first-order chi connectivity index (χ1) is 11.2. The van der Waals surface area contributed by atoms with Gasteiger partial charge in [-0.2, -0.15) is 0 Å². The van der Waals surface area contributed by atoms with E-state index in [2.05, 4.69) is 20.5 Å². The Morgan fingerprint density at radius 3 is 2.83 bits per heavy atom. The minimum absolute atomic E-state index is 0.238. The van der Waals surface area contributed by atoms with Crippen molar-refractivity contribution in [2.24, 2.45) is 0 Å². The molecule has 2 aromatic heterocycles.